The number of benzene rings is 2. The van der Waals surface area contributed by atoms with Crippen LogP contribution in [0.4, 0.5) is 5.82 Å². The van der Waals surface area contributed by atoms with Gasteiger partial charge in [0, 0.05) is 28.3 Å². The molecule has 4 heteroatoms. The number of aromatic nitrogens is 2. The van der Waals surface area contributed by atoms with E-state index < -0.39 is 0 Å². The first-order chi connectivity index (χ1) is 14.0. The maximum absolute atomic E-state index is 11.1. The summed E-state index contributed by atoms with van der Waals surface area (Å²) in [5.74, 6) is 1.11. The molecule has 0 spiro atoms. The number of H-pyrrole nitrogens is 1. The number of aromatic hydroxyl groups is 1. The van der Waals surface area contributed by atoms with Crippen molar-refractivity contribution in [2.45, 2.75) is 33.2 Å². The molecule has 2 heterocycles. The maximum Gasteiger partial charge on any atom is 0.273 e. The number of hydrogen-bond donors (Lipinski definition) is 2. The summed E-state index contributed by atoms with van der Waals surface area (Å²) in [4.78, 5) is 7.83. The number of phenolic OH excluding ortho intramolecular Hbond substituents is 1. The van der Waals surface area contributed by atoms with Crippen molar-refractivity contribution in [1.29, 1.82) is 0 Å². The normalized spacial score (nSPS) is 12.1. The quantitative estimate of drug-likeness (QED) is 0.501. The van der Waals surface area contributed by atoms with Crippen molar-refractivity contribution in [3.05, 3.63) is 94.8 Å². The van der Waals surface area contributed by atoms with Gasteiger partial charge < -0.3 is 5.11 Å². The van der Waals surface area contributed by atoms with Gasteiger partial charge in [0.05, 0.1) is 6.20 Å². The van der Waals surface area contributed by atoms with E-state index in [1.165, 1.54) is 5.56 Å². The molecule has 0 fully saturated rings. The fraction of sp³-hybridized carbons (Fsp3) is 0.200. The number of phenols is 1. The molecule has 0 radical (unpaired) electrons. The lowest BCUT2D eigenvalue weighted by Crippen LogP contribution is -2.19. The van der Waals surface area contributed by atoms with E-state index >= 15 is 0 Å². The Morgan fingerprint density at radius 2 is 1.76 bits per heavy atom. The minimum absolute atomic E-state index is 0.217. The lowest BCUT2D eigenvalue weighted by atomic mass is 9.95. The van der Waals surface area contributed by atoms with Crippen LogP contribution in [0.5, 0.6) is 5.75 Å². The average Bonchev–Trinajstić information content (AvgIpc) is 2.73. The zero-order valence-electron chi connectivity index (χ0n) is 17.0. The van der Waals surface area contributed by atoms with Gasteiger partial charge in [0.2, 0.25) is 0 Å². The molecule has 146 valence electrons. The molecular weight excluding hydrogens is 358 g/mol. The standard InChI is InChI=1S/C25H25N3O/c1-4-18-6-9-19(10-7-18)23(28-22-15-16(2)13-14-26-22)21-12-11-20-8-5-17(3)27-24(20)25(21)29/h5-15,23,29H,4H2,1-3H3,(H,26,28)/p+1/t23-/m0/s1. The zero-order chi connectivity index (χ0) is 20.4. The molecule has 0 aliphatic heterocycles. The highest BCUT2D eigenvalue weighted by Gasteiger charge is 2.24. The number of fused-ring (bicyclic) bond motifs is 1. The minimum atomic E-state index is -0.217. The van der Waals surface area contributed by atoms with Crippen molar-refractivity contribution in [1.82, 2.24) is 4.98 Å². The van der Waals surface area contributed by atoms with E-state index in [9.17, 15) is 5.11 Å². The summed E-state index contributed by atoms with van der Waals surface area (Å²) in [6.07, 6.45) is 2.91. The van der Waals surface area contributed by atoms with Crippen LogP contribution in [0.2, 0.25) is 0 Å². The molecule has 0 bridgehead atoms. The Labute approximate surface area is 171 Å². The molecule has 0 aliphatic rings. The second-order valence-corrected chi connectivity index (χ2v) is 7.48. The van der Waals surface area contributed by atoms with Gasteiger partial charge in [-0.2, -0.15) is 0 Å². The SMILES string of the molecule is CCc1ccc([C@H](Nc2cc(C)cc[nH+]2)c2ccc3ccc(C)nc3c2O)cc1. The Morgan fingerprint density at radius 1 is 1.00 bits per heavy atom. The Bertz CT molecular complexity index is 1150. The molecule has 0 aliphatic carbocycles. The van der Waals surface area contributed by atoms with E-state index in [0.29, 0.717) is 5.52 Å². The minimum Gasteiger partial charge on any atom is -0.505 e. The van der Waals surface area contributed by atoms with Crippen molar-refractivity contribution in [3.8, 4) is 5.75 Å². The van der Waals surface area contributed by atoms with Crippen molar-refractivity contribution < 1.29 is 10.1 Å². The number of aromatic amines is 1. The third-order valence-electron chi connectivity index (χ3n) is 5.30. The van der Waals surface area contributed by atoms with E-state index in [1.807, 2.05) is 43.5 Å². The fourth-order valence-corrected chi connectivity index (χ4v) is 3.63. The van der Waals surface area contributed by atoms with Crippen LogP contribution in [-0.4, -0.2) is 10.1 Å². The van der Waals surface area contributed by atoms with Crippen LogP contribution >= 0.6 is 0 Å². The molecule has 1 atom stereocenters. The smallest absolute Gasteiger partial charge is 0.273 e. The average molecular weight is 385 g/mol. The topological polar surface area (TPSA) is 59.3 Å². The van der Waals surface area contributed by atoms with Crippen LogP contribution in [0.25, 0.3) is 10.9 Å². The Morgan fingerprint density at radius 3 is 2.48 bits per heavy atom. The molecule has 4 nitrogen and oxygen atoms in total. The zero-order valence-corrected chi connectivity index (χ0v) is 17.0. The number of pyridine rings is 2. The Balaban J connectivity index is 1.84. The first kappa shape index (κ1) is 18.9. The molecule has 2 aromatic heterocycles. The second kappa shape index (κ2) is 7.92. The third kappa shape index (κ3) is 3.92. The van der Waals surface area contributed by atoms with E-state index in [0.717, 1.165) is 40.0 Å². The van der Waals surface area contributed by atoms with Gasteiger partial charge in [-0.15, -0.1) is 0 Å². The maximum atomic E-state index is 11.1. The second-order valence-electron chi connectivity index (χ2n) is 7.48. The summed E-state index contributed by atoms with van der Waals surface area (Å²) in [7, 11) is 0. The van der Waals surface area contributed by atoms with Gasteiger partial charge in [-0.3, -0.25) is 5.32 Å². The number of nitrogens with zero attached hydrogens (tertiary/aromatic N) is 1. The summed E-state index contributed by atoms with van der Waals surface area (Å²) in [5, 5.41) is 15.6. The molecule has 4 aromatic rings. The monoisotopic (exact) mass is 384 g/mol. The van der Waals surface area contributed by atoms with Crippen LogP contribution in [0.1, 0.15) is 40.9 Å². The van der Waals surface area contributed by atoms with Gasteiger partial charge in [-0.1, -0.05) is 43.3 Å². The van der Waals surface area contributed by atoms with Crippen molar-refractivity contribution in [3.63, 3.8) is 0 Å². The molecule has 29 heavy (non-hydrogen) atoms. The highest BCUT2D eigenvalue weighted by molar-refractivity contribution is 5.86. The van der Waals surface area contributed by atoms with E-state index in [1.54, 1.807) is 0 Å². The van der Waals surface area contributed by atoms with Gasteiger partial charge in [-0.25, -0.2) is 9.97 Å². The van der Waals surface area contributed by atoms with Gasteiger partial charge in [0.1, 0.15) is 17.3 Å². The number of anilines is 1. The fourth-order valence-electron chi connectivity index (χ4n) is 3.63. The van der Waals surface area contributed by atoms with Crippen molar-refractivity contribution in [2.75, 3.05) is 5.32 Å². The van der Waals surface area contributed by atoms with Crippen LogP contribution < -0.4 is 10.3 Å². The number of aryl methyl sites for hydroxylation is 3. The van der Waals surface area contributed by atoms with Crippen LogP contribution in [-0.2, 0) is 6.42 Å². The Kier molecular flexibility index (Phi) is 5.17. The lowest BCUT2D eigenvalue weighted by molar-refractivity contribution is -0.361. The van der Waals surface area contributed by atoms with Crippen LogP contribution in [0.15, 0.2) is 66.9 Å². The molecular formula is C25H26N3O+. The van der Waals surface area contributed by atoms with E-state index in [4.69, 9.17) is 0 Å². The van der Waals surface area contributed by atoms with Crippen LogP contribution in [0.3, 0.4) is 0 Å². The van der Waals surface area contributed by atoms with Crippen molar-refractivity contribution >= 4 is 16.7 Å². The molecule has 3 N–H and O–H groups in total. The first-order valence-electron chi connectivity index (χ1n) is 9.98. The predicted molar refractivity (Wildman–Crippen MR) is 117 cm³/mol. The largest absolute Gasteiger partial charge is 0.505 e. The summed E-state index contributed by atoms with van der Waals surface area (Å²) >= 11 is 0. The first-order valence-corrected chi connectivity index (χ1v) is 9.98. The summed E-state index contributed by atoms with van der Waals surface area (Å²) in [6.45, 7) is 6.15. The van der Waals surface area contributed by atoms with Crippen molar-refractivity contribution in [2.24, 2.45) is 0 Å². The molecule has 4 rings (SSSR count). The third-order valence-corrected chi connectivity index (χ3v) is 5.30. The van der Waals surface area contributed by atoms with Gasteiger partial charge >= 0.3 is 0 Å². The van der Waals surface area contributed by atoms with E-state index in [-0.39, 0.29) is 11.8 Å². The molecule has 0 amide bonds. The van der Waals surface area contributed by atoms with Gasteiger partial charge in [0.15, 0.2) is 0 Å². The lowest BCUT2D eigenvalue weighted by Gasteiger charge is -2.18. The predicted octanol–water partition coefficient (Wildman–Crippen LogP) is 5.14. The number of hydrogen-bond acceptors (Lipinski definition) is 3. The molecule has 0 saturated heterocycles. The molecule has 0 saturated carbocycles. The number of nitrogens with one attached hydrogen (secondary N) is 2. The molecule has 2 aromatic carbocycles. The Hall–Kier alpha value is -3.40. The number of rotatable bonds is 5. The van der Waals surface area contributed by atoms with Crippen LogP contribution in [0, 0.1) is 13.8 Å². The van der Waals surface area contributed by atoms with Gasteiger partial charge in [-0.05, 0) is 49.6 Å². The summed E-state index contributed by atoms with van der Waals surface area (Å²) in [6, 6.07) is 20.4. The summed E-state index contributed by atoms with van der Waals surface area (Å²) in [5.41, 5.74) is 5.84. The van der Waals surface area contributed by atoms with E-state index in [2.05, 4.69) is 59.5 Å². The molecule has 0 unspecified atom stereocenters. The highest BCUT2D eigenvalue weighted by Crippen LogP contribution is 2.36. The van der Waals surface area contributed by atoms with Gasteiger partial charge in [0.25, 0.3) is 5.82 Å². The summed E-state index contributed by atoms with van der Waals surface area (Å²) < 4.78 is 0. The highest BCUT2D eigenvalue weighted by atomic mass is 16.3.